The molecule has 0 aliphatic carbocycles. The predicted octanol–water partition coefficient (Wildman–Crippen LogP) is 0.235. The first-order valence-corrected chi connectivity index (χ1v) is 5.83. The molecule has 2 fully saturated rings. The van der Waals surface area contributed by atoms with Crippen molar-refractivity contribution in [1.82, 2.24) is 15.1 Å². The number of hydrogen-bond donors (Lipinski definition) is 1. The number of hydrogen-bond acceptors (Lipinski definition) is 3. The normalized spacial score (nSPS) is 25.5. The maximum absolute atomic E-state index is 4.00. The Bertz CT molecular complexity index is 177. The van der Waals surface area contributed by atoms with Crippen molar-refractivity contribution in [2.24, 2.45) is 0 Å². The number of rotatable bonds is 1. The van der Waals surface area contributed by atoms with Crippen LogP contribution in [0.25, 0.3) is 0 Å². The zero-order chi connectivity index (χ0) is 11.1. The summed E-state index contributed by atoms with van der Waals surface area (Å²) in [5.41, 5.74) is 0. The number of piperidine rings is 1. The van der Waals surface area contributed by atoms with Crippen molar-refractivity contribution in [2.75, 3.05) is 46.3 Å². The Hall–Kier alpha value is -0.560. The van der Waals surface area contributed by atoms with Crippen LogP contribution in [0.4, 0.5) is 0 Å². The first-order chi connectivity index (χ1) is 7.36. The summed E-state index contributed by atoms with van der Waals surface area (Å²) in [6.45, 7) is 7.50. The number of terminal acetylenes is 1. The van der Waals surface area contributed by atoms with Crippen LogP contribution in [0.2, 0.25) is 0 Å². The summed E-state index contributed by atoms with van der Waals surface area (Å²) in [6.07, 6.45) is 10.7. The van der Waals surface area contributed by atoms with Gasteiger partial charge in [-0.25, -0.2) is 0 Å². The SMILES string of the molecule is C#C.CN1CCN(C2CCNCC2)CC1. The molecule has 3 heteroatoms. The van der Waals surface area contributed by atoms with Crippen molar-refractivity contribution in [1.29, 1.82) is 0 Å². The number of piperazine rings is 1. The van der Waals surface area contributed by atoms with E-state index in [-0.39, 0.29) is 0 Å². The van der Waals surface area contributed by atoms with E-state index in [1.807, 2.05) is 0 Å². The van der Waals surface area contributed by atoms with Crippen molar-refractivity contribution < 1.29 is 0 Å². The molecule has 2 aliphatic heterocycles. The van der Waals surface area contributed by atoms with Gasteiger partial charge in [-0.3, -0.25) is 4.90 Å². The van der Waals surface area contributed by atoms with E-state index in [2.05, 4.69) is 35.0 Å². The van der Waals surface area contributed by atoms with Crippen LogP contribution in [0, 0.1) is 12.8 Å². The van der Waals surface area contributed by atoms with E-state index < -0.39 is 0 Å². The minimum Gasteiger partial charge on any atom is -0.317 e. The highest BCUT2D eigenvalue weighted by Gasteiger charge is 2.23. The highest BCUT2D eigenvalue weighted by molar-refractivity contribution is 4.81. The molecule has 86 valence electrons. The lowest BCUT2D eigenvalue weighted by Gasteiger charge is -2.39. The Morgan fingerprint density at radius 2 is 1.53 bits per heavy atom. The molecule has 0 aromatic rings. The van der Waals surface area contributed by atoms with Crippen molar-refractivity contribution in [3.05, 3.63) is 0 Å². The van der Waals surface area contributed by atoms with Gasteiger partial charge in [-0.1, -0.05) is 0 Å². The average molecular weight is 209 g/mol. The summed E-state index contributed by atoms with van der Waals surface area (Å²) in [6, 6.07) is 0.870. The summed E-state index contributed by atoms with van der Waals surface area (Å²) in [5.74, 6) is 0. The van der Waals surface area contributed by atoms with Gasteiger partial charge in [0.2, 0.25) is 0 Å². The standard InChI is InChI=1S/C10H21N3.C2H2/c1-12-6-8-13(9-7-12)10-2-4-11-5-3-10;1-2/h10-11H,2-9H2,1H3;1-2H. The lowest BCUT2D eigenvalue weighted by molar-refractivity contribution is 0.0948. The van der Waals surface area contributed by atoms with Gasteiger partial charge in [0.1, 0.15) is 0 Å². The van der Waals surface area contributed by atoms with Gasteiger partial charge in [-0.05, 0) is 33.0 Å². The van der Waals surface area contributed by atoms with E-state index in [9.17, 15) is 0 Å². The van der Waals surface area contributed by atoms with Crippen LogP contribution in [0.15, 0.2) is 0 Å². The third-order valence-electron chi connectivity index (χ3n) is 3.36. The Morgan fingerprint density at radius 3 is 2.07 bits per heavy atom. The van der Waals surface area contributed by atoms with Crippen molar-refractivity contribution in [3.63, 3.8) is 0 Å². The summed E-state index contributed by atoms with van der Waals surface area (Å²) >= 11 is 0. The molecule has 2 aliphatic rings. The molecule has 0 saturated carbocycles. The second-order valence-electron chi connectivity index (χ2n) is 4.32. The molecule has 0 aromatic heterocycles. The largest absolute Gasteiger partial charge is 0.317 e. The molecule has 0 unspecified atom stereocenters. The fourth-order valence-corrected chi connectivity index (χ4v) is 2.36. The lowest BCUT2D eigenvalue weighted by atomic mass is 10.0. The first-order valence-electron chi connectivity index (χ1n) is 5.83. The molecule has 1 N–H and O–H groups in total. The Labute approximate surface area is 93.8 Å². The van der Waals surface area contributed by atoms with E-state index in [0.717, 1.165) is 6.04 Å². The molecular weight excluding hydrogens is 186 g/mol. The fraction of sp³-hybridized carbons (Fsp3) is 0.833. The number of likely N-dealkylation sites (N-methyl/N-ethyl adjacent to an activating group) is 1. The van der Waals surface area contributed by atoms with Crippen molar-refractivity contribution in [3.8, 4) is 12.8 Å². The van der Waals surface area contributed by atoms with Gasteiger partial charge in [-0.15, -0.1) is 12.8 Å². The minimum atomic E-state index is 0.870. The average Bonchev–Trinajstić information content (AvgIpc) is 2.34. The van der Waals surface area contributed by atoms with E-state index in [1.165, 1.54) is 52.1 Å². The van der Waals surface area contributed by atoms with E-state index in [0.29, 0.717) is 0 Å². The summed E-state index contributed by atoms with van der Waals surface area (Å²) in [4.78, 5) is 5.11. The van der Waals surface area contributed by atoms with E-state index in [4.69, 9.17) is 0 Å². The molecule has 2 heterocycles. The Balaban J connectivity index is 0.000000531. The van der Waals surface area contributed by atoms with Crippen LogP contribution in [0.1, 0.15) is 12.8 Å². The second-order valence-corrected chi connectivity index (χ2v) is 4.32. The van der Waals surface area contributed by atoms with Gasteiger partial charge in [0.25, 0.3) is 0 Å². The van der Waals surface area contributed by atoms with Crippen molar-refractivity contribution in [2.45, 2.75) is 18.9 Å². The number of nitrogens with one attached hydrogen (secondary N) is 1. The molecule has 0 amide bonds. The Morgan fingerprint density at radius 1 is 1.00 bits per heavy atom. The van der Waals surface area contributed by atoms with Crippen LogP contribution in [-0.2, 0) is 0 Å². The molecule has 0 spiro atoms. The molecular formula is C12H23N3. The minimum absolute atomic E-state index is 0.870. The molecule has 2 saturated heterocycles. The monoisotopic (exact) mass is 209 g/mol. The second kappa shape index (κ2) is 6.84. The zero-order valence-electron chi connectivity index (χ0n) is 9.78. The Kier molecular flexibility index (Phi) is 5.70. The van der Waals surface area contributed by atoms with Crippen LogP contribution < -0.4 is 5.32 Å². The van der Waals surface area contributed by atoms with Gasteiger partial charge >= 0.3 is 0 Å². The van der Waals surface area contributed by atoms with Crippen LogP contribution >= 0.6 is 0 Å². The van der Waals surface area contributed by atoms with E-state index in [1.54, 1.807) is 0 Å². The molecule has 0 aromatic carbocycles. The zero-order valence-corrected chi connectivity index (χ0v) is 9.78. The van der Waals surface area contributed by atoms with Gasteiger partial charge in [0.05, 0.1) is 0 Å². The maximum Gasteiger partial charge on any atom is 0.0120 e. The summed E-state index contributed by atoms with van der Waals surface area (Å²) in [5, 5.41) is 3.43. The molecule has 0 bridgehead atoms. The van der Waals surface area contributed by atoms with Gasteiger partial charge in [-0.2, -0.15) is 0 Å². The third-order valence-corrected chi connectivity index (χ3v) is 3.36. The van der Waals surface area contributed by atoms with Gasteiger partial charge < -0.3 is 10.2 Å². The van der Waals surface area contributed by atoms with Crippen LogP contribution in [0.5, 0.6) is 0 Å². The predicted molar refractivity (Wildman–Crippen MR) is 64.9 cm³/mol. The molecule has 15 heavy (non-hydrogen) atoms. The van der Waals surface area contributed by atoms with Gasteiger partial charge in [0, 0.05) is 32.2 Å². The quantitative estimate of drug-likeness (QED) is 0.624. The maximum atomic E-state index is 4.00. The topological polar surface area (TPSA) is 18.5 Å². The summed E-state index contributed by atoms with van der Waals surface area (Å²) in [7, 11) is 2.22. The molecule has 0 atom stereocenters. The molecule has 0 radical (unpaired) electrons. The first kappa shape index (κ1) is 12.5. The highest BCUT2D eigenvalue weighted by Crippen LogP contribution is 2.13. The van der Waals surface area contributed by atoms with E-state index >= 15 is 0 Å². The van der Waals surface area contributed by atoms with Crippen LogP contribution in [0.3, 0.4) is 0 Å². The fourth-order valence-electron chi connectivity index (χ4n) is 2.36. The smallest absolute Gasteiger partial charge is 0.0120 e. The third kappa shape index (κ3) is 3.83. The van der Waals surface area contributed by atoms with Crippen LogP contribution in [-0.4, -0.2) is 62.2 Å². The van der Waals surface area contributed by atoms with Crippen molar-refractivity contribution >= 4 is 0 Å². The molecule has 2 rings (SSSR count). The molecule has 3 nitrogen and oxygen atoms in total. The summed E-state index contributed by atoms with van der Waals surface area (Å²) < 4.78 is 0. The van der Waals surface area contributed by atoms with Gasteiger partial charge in [0.15, 0.2) is 0 Å². The highest BCUT2D eigenvalue weighted by atomic mass is 15.3. The number of nitrogens with zero attached hydrogens (tertiary/aromatic N) is 2. The lowest BCUT2D eigenvalue weighted by Crippen LogP contribution is -2.51.